The maximum atomic E-state index is 12.3. The van der Waals surface area contributed by atoms with Crippen LogP contribution in [0.15, 0.2) is 43.0 Å². The first-order chi connectivity index (χ1) is 11.9. The lowest BCUT2D eigenvalue weighted by atomic mass is 10.1. The van der Waals surface area contributed by atoms with Gasteiger partial charge in [0.1, 0.15) is 16.7 Å². The number of rotatable bonds is 6. The first-order valence-electron chi connectivity index (χ1n) is 8.58. The molecule has 2 heterocycles. The molecule has 3 rings (SSSR count). The fourth-order valence-electron chi connectivity index (χ4n) is 2.87. The fourth-order valence-corrected chi connectivity index (χ4v) is 4.09. The summed E-state index contributed by atoms with van der Waals surface area (Å²) in [6.07, 6.45) is 6.46. The van der Waals surface area contributed by atoms with E-state index in [1.807, 2.05) is 54.9 Å². The zero-order valence-electron chi connectivity index (χ0n) is 15.0. The van der Waals surface area contributed by atoms with Crippen LogP contribution >= 0.6 is 11.8 Å². The molecular weight excluding hydrogens is 334 g/mol. The summed E-state index contributed by atoms with van der Waals surface area (Å²) in [6, 6.07) is 8.13. The Morgan fingerprint density at radius 1 is 1.24 bits per heavy atom. The van der Waals surface area contributed by atoms with Crippen molar-refractivity contribution in [3.8, 4) is 5.75 Å². The van der Waals surface area contributed by atoms with Crippen molar-refractivity contribution in [1.82, 2.24) is 14.5 Å². The van der Waals surface area contributed by atoms with Gasteiger partial charge in [0.25, 0.3) is 0 Å². The van der Waals surface area contributed by atoms with Crippen molar-refractivity contribution in [1.29, 1.82) is 0 Å². The number of imidazole rings is 1. The van der Waals surface area contributed by atoms with Crippen LogP contribution in [0.3, 0.4) is 0 Å². The Morgan fingerprint density at radius 3 is 2.64 bits per heavy atom. The topological polar surface area (TPSA) is 47.4 Å². The van der Waals surface area contributed by atoms with E-state index >= 15 is 0 Å². The van der Waals surface area contributed by atoms with E-state index in [1.54, 1.807) is 18.0 Å². The van der Waals surface area contributed by atoms with E-state index in [0.29, 0.717) is 5.75 Å². The van der Waals surface area contributed by atoms with Crippen LogP contribution in [0.1, 0.15) is 38.1 Å². The van der Waals surface area contributed by atoms with Crippen molar-refractivity contribution in [3.63, 3.8) is 0 Å². The molecule has 1 amide bonds. The highest BCUT2D eigenvalue weighted by Gasteiger charge is 2.32. The molecule has 1 saturated heterocycles. The molecule has 0 N–H and O–H groups in total. The lowest BCUT2D eigenvalue weighted by Gasteiger charge is -2.25. The van der Waals surface area contributed by atoms with E-state index in [0.717, 1.165) is 30.8 Å². The highest BCUT2D eigenvalue weighted by Crippen LogP contribution is 2.39. The van der Waals surface area contributed by atoms with Gasteiger partial charge in [-0.25, -0.2) is 4.98 Å². The molecular formula is C19H25N3O2S. The third-order valence-electron chi connectivity index (χ3n) is 3.93. The first-order valence-corrected chi connectivity index (χ1v) is 9.63. The van der Waals surface area contributed by atoms with E-state index in [2.05, 4.69) is 17.1 Å². The van der Waals surface area contributed by atoms with Gasteiger partial charge < -0.3 is 14.2 Å². The van der Waals surface area contributed by atoms with Gasteiger partial charge in [0, 0.05) is 25.5 Å². The summed E-state index contributed by atoms with van der Waals surface area (Å²) in [7, 11) is 0. The van der Waals surface area contributed by atoms with Crippen molar-refractivity contribution in [2.24, 2.45) is 0 Å². The monoisotopic (exact) mass is 359 g/mol. The largest absolute Gasteiger partial charge is 0.488 e. The number of amides is 1. The van der Waals surface area contributed by atoms with Crippen LogP contribution in [0.2, 0.25) is 0 Å². The van der Waals surface area contributed by atoms with Crippen molar-refractivity contribution in [2.45, 2.75) is 44.7 Å². The van der Waals surface area contributed by atoms with Gasteiger partial charge in [-0.05, 0) is 44.9 Å². The third kappa shape index (κ3) is 4.78. The van der Waals surface area contributed by atoms with E-state index in [-0.39, 0.29) is 16.9 Å². The number of thioether (sulfide) groups is 1. The van der Waals surface area contributed by atoms with Crippen LogP contribution in [-0.2, 0) is 11.3 Å². The smallest absolute Gasteiger partial charge is 0.233 e. The molecule has 1 unspecified atom stereocenters. The molecule has 0 radical (unpaired) electrons. The Morgan fingerprint density at radius 2 is 2.00 bits per heavy atom. The lowest BCUT2D eigenvalue weighted by molar-refractivity contribution is -0.128. The molecule has 5 nitrogen and oxygen atoms in total. The number of benzene rings is 1. The summed E-state index contributed by atoms with van der Waals surface area (Å²) in [5.41, 5.74) is 0.943. The van der Waals surface area contributed by atoms with Crippen molar-refractivity contribution < 1.29 is 9.53 Å². The Kier molecular flexibility index (Phi) is 5.37. The van der Waals surface area contributed by atoms with E-state index in [9.17, 15) is 4.79 Å². The standard InChI is InChI=1S/C19H25N3O2S/c1-19(2,3)24-16-7-5-15(6-8-16)18-22(17(23)13-25-18)11-4-10-21-12-9-20-14-21/h5-9,12,14,18H,4,10-11,13H2,1-3H3. The molecule has 1 aliphatic heterocycles. The van der Waals surface area contributed by atoms with Crippen LogP contribution in [0.4, 0.5) is 0 Å². The summed E-state index contributed by atoms with van der Waals surface area (Å²) in [5.74, 6) is 1.63. The molecule has 134 valence electrons. The Labute approximate surface area is 153 Å². The summed E-state index contributed by atoms with van der Waals surface area (Å²) in [4.78, 5) is 18.3. The molecule has 1 aliphatic rings. The predicted octanol–water partition coefficient (Wildman–Crippen LogP) is 3.72. The minimum atomic E-state index is -0.209. The minimum absolute atomic E-state index is 0.0963. The summed E-state index contributed by atoms with van der Waals surface area (Å²) >= 11 is 1.70. The molecule has 2 aromatic rings. The van der Waals surface area contributed by atoms with Crippen LogP contribution in [-0.4, -0.2) is 38.3 Å². The number of carbonyl (C=O) groups is 1. The molecule has 1 fully saturated rings. The Balaban J connectivity index is 1.62. The zero-order chi connectivity index (χ0) is 17.9. The molecule has 6 heteroatoms. The van der Waals surface area contributed by atoms with Crippen LogP contribution in [0, 0.1) is 0 Å². The molecule has 25 heavy (non-hydrogen) atoms. The van der Waals surface area contributed by atoms with Crippen molar-refractivity contribution >= 4 is 17.7 Å². The first kappa shape index (κ1) is 17.9. The number of aromatic nitrogens is 2. The molecule has 0 saturated carbocycles. The number of hydrogen-bond acceptors (Lipinski definition) is 4. The number of hydrogen-bond donors (Lipinski definition) is 0. The second kappa shape index (κ2) is 7.52. The quantitative estimate of drug-likeness (QED) is 0.789. The van der Waals surface area contributed by atoms with Gasteiger partial charge in [0.05, 0.1) is 12.1 Å². The van der Waals surface area contributed by atoms with Crippen molar-refractivity contribution in [3.05, 3.63) is 48.5 Å². The van der Waals surface area contributed by atoms with Gasteiger partial charge in [0.2, 0.25) is 5.91 Å². The highest BCUT2D eigenvalue weighted by atomic mass is 32.2. The Hall–Kier alpha value is -1.95. The van der Waals surface area contributed by atoms with Gasteiger partial charge in [-0.3, -0.25) is 4.79 Å². The number of aryl methyl sites for hydroxylation is 1. The zero-order valence-corrected chi connectivity index (χ0v) is 15.8. The molecule has 1 atom stereocenters. The van der Waals surface area contributed by atoms with Gasteiger partial charge in [0.15, 0.2) is 0 Å². The van der Waals surface area contributed by atoms with Crippen molar-refractivity contribution in [2.75, 3.05) is 12.3 Å². The SMILES string of the molecule is CC(C)(C)Oc1ccc(C2SCC(=O)N2CCCn2ccnc2)cc1. The number of ether oxygens (including phenoxy) is 1. The average Bonchev–Trinajstić information content (AvgIpc) is 3.18. The maximum Gasteiger partial charge on any atom is 0.233 e. The minimum Gasteiger partial charge on any atom is -0.488 e. The van der Waals surface area contributed by atoms with E-state index in [4.69, 9.17) is 4.74 Å². The average molecular weight is 359 g/mol. The highest BCUT2D eigenvalue weighted by molar-refractivity contribution is 8.00. The van der Waals surface area contributed by atoms with E-state index in [1.165, 1.54) is 0 Å². The number of carbonyl (C=O) groups excluding carboxylic acids is 1. The van der Waals surface area contributed by atoms with Crippen LogP contribution in [0.5, 0.6) is 5.75 Å². The van der Waals surface area contributed by atoms with Crippen LogP contribution in [0.25, 0.3) is 0 Å². The molecule has 0 aliphatic carbocycles. The molecule has 0 spiro atoms. The van der Waals surface area contributed by atoms with Gasteiger partial charge in [-0.15, -0.1) is 11.8 Å². The fraction of sp³-hybridized carbons (Fsp3) is 0.474. The van der Waals surface area contributed by atoms with Gasteiger partial charge in [-0.1, -0.05) is 12.1 Å². The van der Waals surface area contributed by atoms with E-state index < -0.39 is 0 Å². The summed E-state index contributed by atoms with van der Waals surface area (Å²) in [5, 5.41) is 0.0963. The molecule has 0 bridgehead atoms. The van der Waals surface area contributed by atoms with Gasteiger partial charge in [-0.2, -0.15) is 0 Å². The second-order valence-electron chi connectivity index (χ2n) is 7.19. The summed E-state index contributed by atoms with van der Waals surface area (Å²) < 4.78 is 7.92. The number of nitrogens with zero attached hydrogens (tertiary/aromatic N) is 3. The second-order valence-corrected chi connectivity index (χ2v) is 8.26. The molecule has 1 aromatic heterocycles. The maximum absolute atomic E-state index is 12.3. The summed E-state index contributed by atoms with van der Waals surface area (Å²) in [6.45, 7) is 7.74. The lowest BCUT2D eigenvalue weighted by Crippen LogP contribution is -2.29. The normalized spacial score (nSPS) is 18.0. The predicted molar refractivity (Wildman–Crippen MR) is 101 cm³/mol. The third-order valence-corrected chi connectivity index (χ3v) is 5.19. The Bertz CT molecular complexity index is 692. The van der Waals surface area contributed by atoms with Gasteiger partial charge >= 0.3 is 0 Å². The van der Waals surface area contributed by atoms with Crippen LogP contribution < -0.4 is 4.74 Å². The molecule has 1 aromatic carbocycles.